The van der Waals surface area contributed by atoms with Crippen molar-refractivity contribution in [1.29, 1.82) is 0 Å². The van der Waals surface area contributed by atoms with Crippen molar-refractivity contribution in [1.82, 2.24) is 14.7 Å². The SMILES string of the molecule is COc1ccc(Cl)cc1CN(C)C(=O)C(=O)c1c(C)nn(C)c1C. The summed E-state index contributed by atoms with van der Waals surface area (Å²) in [5.74, 6) is -0.557. The van der Waals surface area contributed by atoms with Gasteiger partial charge in [0.05, 0.1) is 18.4 Å². The first-order valence-electron chi connectivity index (χ1n) is 7.38. The van der Waals surface area contributed by atoms with Crippen molar-refractivity contribution in [2.24, 2.45) is 7.05 Å². The van der Waals surface area contributed by atoms with E-state index < -0.39 is 11.7 Å². The first-order valence-corrected chi connectivity index (χ1v) is 7.76. The maximum absolute atomic E-state index is 12.6. The smallest absolute Gasteiger partial charge is 0.295 e. The number of carbonyl (C=O) groups is 2. The summed E-state index contributed by atoms with van der Waals surface area (Å²) in [4.78, 5) is 26.4. The fourth-order valence-corrected chi connectivity index (χ4v) is 2.78. The van der Waals surface area contributed by atoms with Gasteiger partial charge in [-0.2, -0.15) is 5.10 Å². The third-order valence-corrected chi connectivity index (χ3v) is 4.16. The highest BCUT2D eigenvalue weighted by Crippen LogP contribution is 2.24. The van der Waals surface area contributed by atoms with Crippen molar-refractivity contribution in [3.63, 3.8) is 0 Å². The van der Waals surface area contributed by atoms with E-state index in [4.69, 9.17) is 16.3 Å². The van der Waals surface area contributed by atoms with Gasteiger partial charge in [0, 0.05) is 36.9 Å². The Morgan fingerprint density at radius 2 is 2.00 bits per heavy atom. The number of Topliss-reactive ketones (excluding diaryl/α,β-unsaturated/α-hetero) is 1. The number of amides is 1. The topological polar surface area (TPSA) is 64.4 Å². The Morgan fingerprint density at radius 3 is 2.54 bits per heavy atom. The Kier molecular flexibility index (Phi) is 5.29. The summed E-state index contributed by atoms with van der Waals surface area (Å²) in [5, 5.41) is 4.72. The van der Waals surface area contributed by atoms with Crippen molar-refractivity contribution in [3.05, 3.63) is 45.7 Å². The number of likely N-dealkylation sites (N-methyl/N-ethyl adjacent to an activating group) is 1. The lowest BCUT2D eigenvalue weighted by atomic mass is 10.1. The standard InChI is InChI=1S/C17H20ClN3O3/c1-10-15(11(2)21(4)19-10)16(22)17(23)20(3)9-12-8-13(18)6-7-14(12)24-5/h6-8H,9H2,1-5H3. The second-order valence-corrected chi connectivity index (χ2v) is 6.05. The van der Waals surface area contributed by atoms with Gasteiger partial charge >= 0.3 is 0 Å². The number of carbonyl (C=O) groups excluding carboxylic acids is 2. The van der Waals surface area contributed by atoms with Gasteiger partial charge in [0.15, 0.2) is 0 Å². The Labute approximate surface area is 146 Å². The summed E-state index contributed by atoms with van der Waals surface area (Å²) in [7, 11) is 4.85. The second kappa shape index (κ2) is 7.05. The van der Waals surface area contributed by atoms with Crippen LogP contribution in [0.5, 0.6) is 5.75 Å². The molecule has 128 valence electrons. The highest BCUT2D eigenvalue weighted by Gasteiger charge is 2.27. The van der Waals surface area contributed by atoms with E-state index in [2.05, 4.69) is 5.10 Å². The predicted molar refractivity (Wildman–Crippen MR) is 91.5 cm³/mol. The molecule has 2 rings (SSSR count). The lowest BCUT2D eigenvalue weighted by molar-refractivity contribution is -0.125. The van der Waals surface area contributed by atoms with Gasteiger partial charge in [-0.05, 0) is 32.0 Å². The molecule has 24 heavy (non-hydrogen) atoms. The van der Waals surface area contributed by atoms with Crippen LogP contribution in [-0.4, -0.2) is 40.5 Å². The Bertz CT molecular complexity index is 799. The van der Waals surface area contributed by atoms with E-state index in [1.807, 2.05) is 0 Å². The number of methoxy groups -OCH3 is 1. The van der Waals surface area contributed by atoms with Crippen LogP contribution >= 0.6 is 11.6 Å². The van der Waals surface area contributed by atoms with Gasteiger partial charge in [-0.25, -0.2) is 0 Å². The Hall–Kier alpha value is -2.34. The maximum atomic E-state index is 12.6. The molecule has 0 spiro atoms. The average Bonchev–Trinajstić information content (AvgIpc) is 2.78. The number of aromatic nitrogens is 2. The van der Waals surface area contributed by atoms with Crippen molar-refractivity contribution in [3.8, 4) is 5.75 Å². The van der Waals surface area contributed by atoms with Crippen molar-refractivity contribution in [2.75, 3.05) is 14.2 Å². The molecule has 1 aromatic carbocycles. The lowest BCUT2D eigenvalue weighted by Gasteiger charge is -2.18. The van der Waals surface area contributed by atoms with Gasteiger partial charge in [-0.1, -0.05) is 11.6 Å². The molecule has 0 saturated carbocycles. The molecular weight excluding hydrogens is 330 g/mol. The van der Waals surface area contributed by atoms with Gasteiger partial charge in [0.25, 0.3) is 11.7 Å². The first kappa shape index (κ1) is 18.0. The van der Waals surface area contributed by atoms with Crippen molar-refractivity contribution >= 4 is 23.3 Å². The lowest BCUT2D eigenvalue weighted by Crippen LogP contribution is -2.33. The second-order valence-electron chi connectivity index (χ2n) is 5.62. The van der Waals surface area contributed by atoms with Crippen LogP contribution in [0.1, 0.15) is 27.3 Å². The molecule has 1 heterocycles. The molecule has 0 aliphatic rings. The van der Waals surface area contributed by atoms with E-state index in [0.29, 0.717) is 27.7 Å². The zero-order valence-electron chi connectivity index (χ0n) is 14.4. The average molecular weight is 350 g/mol. The fourth-order valence-electron chi connectivity index (χ4n) is 2.58. The number of ether oxygens (including phenoxy) is 1. The molecule has 0 N–H and O–H groups in total. The highest BCUT2D eigenvalue weighted by molar-refractivity contribution is 6.43. The molecule has 2 aromatic rings. The largest absolute Gasteiger partial charge is 0.496 e. The number of halogens is 1. The number of benzene rings is 1. The van der Waals surface area contributed by atoms with E-state index in [9.17, 15) is 9.59 Å². The fraction of sp³-hybridized carbons (Fsp3) is 0.353. The number of hydrogen-bond donors (Lipinski definition) is 0. The number of ketones is 1. The summed E-state index contributed by atoms with van der Waals surface area (Å²) in [5.41, 5.74) is 2.29. The summed E-state index contributed by atoms with van der Waals surface area (Å²) in [6.45, 7) is 3.70. The van der Waals surface area contributed by atoms with E-state index >= 15 is 0 Å². The summed E-state index contributed by atoms with van der Waals surface area (Å²) in [6, 6.07) is 5.15. The van der Waals surface area contributed by atoms with E-state index in [-0.39, 0.29) is 6.54 Å². The van der Waals surface area contributed by atoms with Gasteiger partial charge in [0.2, 0.25) is 0 Å². The summed E-state index contributed by atoms with van der Waals surface area (Å²) < 4.78 is 6.87. The molecular formula is C17H20ClN3O3. The monoisotopic (exact) mass is 349 g/mol. The predicted octanol–water partition coefficient (Wildman–Crippen LogP) is 2.54. The molecule has 0 saturated heterocycles. The summed E-state index contributed by atoms with van der Waals surface area (Å²) >= 11 is 6.00. The van der Waals surface area contributed by atoms with Gasteiger partial charge in [0.1, 0.15) is 5.75 Å². The van der Waals surface area contributed by atoms with Crippen LogP contribution in [0.3, 0.4) is 0 Å². The zero-order chi connectivity index (χ0) is 18.0. The van der Waals surface area contributed by atoms with Crippen molar-refractivity contribution < 1.29 is 14.3 Å². The third kappa shape index (κ3) is 3.43. The van der Waals surface area contributed by atoms with Gasteiger partial charge in [-0.3, -0.25) is 14.3 Å². The summed E-state index contributed by atoms with van der Waals surface area (Å²) in [6.07, 6.45) is 0. The maximum Gasteiger partial charge on any atom is 0.295 e. The highest BCUT2D eigenvalue weighted by atomic mass is 35.5. The minimum absolute atomic E-state index is 0.215. The number of aryl methyl sites for hydroxylation is 2. The number of nitrogens with zero attached hydrogens (tertiary/aromatic N) is 3. The molecule has 0 aliphatic heterocycles. The normalized spacial score (nSPS) is 10.6. The van der Waals surface area contributed by atoms with Crippen LogP contribution in [0, 0.1) is 13.8 Å². The van der Waals surface area contributed by atoms with Gasteiger partial charge in [-0.15, -0.1) is 0 Å². The molecule has 0 radical (unpaired) electrons. The van der Waals surface area contributed by atoms with E-state index in [0.717, 1.165) is 5.56 Å². The molecule has 7 heteroatoms. The quantitative estimate of drug-likeness (QED) is 0.614. The van der Waals surface area contributed by atoms with Crippen LogP contribution in [0.25, 0.3) is 0 Å². The van der Waals surface area contributed by atoms with Crippen LogP contribution in [-0.2, 0) is 18.4 Å². The van der Waals surface area contributed by atoms with Crippen LogP contribution in [0.15, 0.2) is 18.2 Å². The minimum atomic E-state index is -0.601. The molecule has 6 nitrogen and oxygen atoms in total. The zero-order valence-corrected chi connectivity index (χ0v) is 15.1. The molecule has 0 aliphatic carbocycles. The van der Waals surface area contributed by atoms with Crippen LogP contribution in [0.4, 0.5) is 0 Å². The molecule has 1 aromatic heterocycles. The minimum Gasteiger partial charge on any atom is -0.496 e. The van der Waals surface area contributed by atoms with E-state index in [1.54, 1.807) is 57.9 Å². The Balaban J connectivity index is 2.24. The molecule has 0 fully saturated rings. The third-order valence-electron chi connectivity index (χ3n) is 3.93. The molecule has 0 atom stereocenters. The van der Waals surface area contributed by atoms with Crippen LogP contribution in [0.2, 0.25) is 5.02 Å². The molecule has 0 bridgehead atoms. The molecule has 0 unspecified atom stereocenters. The number of hydrogen-bond acceptors (Lipinski definition) is 4. The first-order chi connectivity index (χ1) is 11.3. The van der Waals surface area contributed by atoms with Crippen molar-refractivity contribution in [2.45, 2.75) is 20.4 Å². The van der Waals surface area contributed by atoms with Crippen LogP contribution < -0.4 is 4.74 Å². The molecule has 1 amide bonds. The van der Waals surface area contributed by atoms with Gasteiger partial charge < -0.3 is 9.64 Å². The number of rotatable bonds is 5. The van der Waals surface area contributed by atoms with E-state index in [1.165, 1.54) is 4.90 Å². The Morgan fingerprint density at radius 1 is 1.33 bits per heavy atom.